The van der Waals surface area contributed by atoms with Crippen molar-refractivity contribution in [2.24, 2.45) is 0 Å². The van der Waals surface area contributed by atoms with Gasteiger partial charge in [-0.05, 0) is 48.2 Å². The van der Waals surface area contributed by atoms with Crippen molar-refractivity contribution in [3.05, 3.63) is 57.6 Å². The zero-order valence-corrected chi connectivity index (χ0v) is 14.0. The van der Waals surface area contributed by atoms with Crippen LogP contribution in [0.3, 0.4) is 0 Å². The molecule has 0 heterocycles. The second kappa shape index (κ2) is 6.59. The van der Waals surface area contributed by atoms with E-state index in [4.69, 9.17) is 32.7 Å². The molecule has 0 saturated heterocycles. The summed E-state index contributed by atoms with van der Waals surface area (Å²) in [6.45, 7) is 3.97. The van der Waals surface area contributed by atoms with Gasteiger partial charge in [0.25, 0.3) is 0 Å². The lowest BCUT2D eigenvalue weighted by molar-refractivity contribution is 0.354. The number of hydrogen-bond donors (Lipinski definition) is 0. The number of benzene rings is 2. The van der Waals surface area contributed by atoms with Gasteiger partial charge in [0.15, 0.2) is 11.5 Å². The van der Waals surface area contributed by atoms with E-state index in [1.807, 2.05) is 44.2 Å². The Balaban J connectivity index is 2.53. The first-order valence-corrected chi connectivity index (χ1v) is 7.42. The van der Waals surface area contributed by atoms with Crippen LogP contribution in [-0.2, 0) is 0 Å². The second-order valence-electron chi connectivity index (χ2n) is 4.90. The monoisotopic (exact) mass is 324 g/mol. The summed E-state index contributed by atoms with van der Waals surface area (Å²) in [5.74, 6) is 1.35. The van der Waals surface area contributed by atoms with Gasteiger partial charge in [-0.3, -0.25) is 0 Å². The Hall–Kier alpha value is -1.38. The van der Waals surface area contributed by atoms with Crippen molar-refractivity contribution < 1.29 is 9.47 Å². The minimum atomic E-state index is -0.336. The molecule has 21 heavy (non-hydrogen) atoms. The standard InChI is InChI=1S/C17H18Cl2O2/c1-10-6-5-7-12(16(10)18)17(19)13-9-15(21-4)14(20-3)8-11(13)2/h5-9,17H,1-4H3. The number of methoxy groups -OCH3 is 2. The molecule has 1 unspecified atom stereocenters. The summed E-state index contributed by atoms with van der Waals surface area (Å²) < 4.78 is 10.7. The van der Waals surface area contributed by atoms with Gasteiger partial charge in [-0.25, -0.2) is 0 Å². The molecule has 0 fully saturated rings. The molecule has 2 aromatic carbocycles. The summed E-state index contributed by atoms with van der Waals surface area (Å²) in [5.41, 5.74) is 3.90. The van der Waals surface area contributed by atoms with Gasteiger partial charge in [-0.15, -0.1) is 11.6 Å². The van der Waals surface area contributed by atoms with E-state index in [9.17, 15) is 0 Å². The van der Waals surface area contributed by atoms with E-state index in [-0.39, 0.29) is 5.38 Å². The van der Waals surface area contributed by atoms with Crippen LogP contribution in [0.15, 0.2) is 30.3 Å². The molecule has 1 atom stereocenters. The molecule has 0 spiro atoms. The molecular weight excluding hydrogens is 307 g/mol. The Morgan fingerprint density at radius 3 is 2.14 bits per heavy atom. The zero-order chi connectivity index (χ0) is 15.6. The first-order valence-electron chi connectivity index (χ1n) is 6.61. The molecule has 0 N–H and O–H groups in total. The van der Waals surface area contributed by atoms with Crippen molar-refractivity contribution in [3.8, 4) is 11.5 Å². The maximum absolute atomic E-state index is 6.66. The Kier molecular flexibility index (Phi) is 5.02. The molecule has 112 valence electrons. The van der Waals surface area contributed by atoms with Crippen molar-refractivity contribution in [1.82, 2.24) is 0 Å². The van der Waals surface area contributed by atoms with Crippen LogP contribution in [0.25, 0.3) is 0 Å². The van der Waals surface area contributed by atoms with E-state index in [1.54, 1.807) is 14.2 Å². The van der Waals surface area contributed by atoms with E-state index in [0.29, 0.717) is 16.5 Å². The Labute approximate surface area is 135 Å². The number of hydrogen-bond acceptors (Lipinski definition) is 2. The zero-order valence-electron chi connectivity index (χ0n) is 12.5. The first-order chi connectivity index (χ1) is 9.99. The van der Waals surface area contributed by atoms with Gasteiger partial charge in [0, 0.05) is 5.02 Å². The van der Waals surface area contributed by atoms with Crippen LogP contribution in [0.5, 0.6) is 11.5 Å². The molecule has 4 heteroatoms. The van der Waals surface area contributed by atoms with Gasteiger partial charge in [-0.1, -0.05) is 29.8 Å². The number of alkyl halides is 1. The van der Waals surface area contributed by atoms with Crippen molar-refractivity contribution in [2.45, 2.75) is 19.2 Å². The number of rotatable bonds is 4. The average molecular weight is 325 g/mol. The van der Waals surface area contributed by atoms with Crippen LogP contribution in [0, 0.1) is 13.8 Å². The quantitative estimate of drug-likeness (QED) is 0.710. The topological polar surface area (TPSA) is 18.5 Å². The fraction of sp³-hybridized carbons (Fsp3) is 0.294. The normalized spacial score (nSPS) is 12.1. The molecule has 2 rings (SSSR count). The molecule has 0 aliphatic heterocycles. The van der Waals surface area contributed by atoms with Gasteiger partial charge in [-0.2, -0.15) is 0 Å². The first kappa shape index (κ1) is 16.0. The van der Waals surface area contributed by atoms with Crippen molar-refractivity contribution in [1.29, 1.82) is 0 Å². The number of halogens is 2. The molecule has 2 aromatic rings. The average Bonchev–Trinajstić information content (AvgIpc) is 2.49. The molecule has 0 aromatic heterocycles. The third kappa shape index (κ3) is 3.12. The van der Waals surface area contributed by atoms with E-state index >= 15 is 0 Å². The molecule has 0 aliphatic carbocycles. The summed E-state index contributed by atoms with van der Waals surface area (Å²) in [6.07, 6.45) is 0. The molecule has 0 aliphatic rings. The summed E-state index contributed by atoms with van der Waals surface area (Å²) >= 11 is 13.0. The SMILES string of the molecule is COc1cc(C)c(C(Cl)c2cccc(C)c2Cl)cc1OC. The third-order valence-electron chi connectivity index (χ3n) is 3.54. The van der Waals surface area contributed by atoms with Crippen LogP contribution in [0.4, 0.5) is 0 Å². The third-order valence-corrected chi connectivity index (χ3v) is 4.53. The molecule has 2 nitrogen and oxygen atoms in total. The Bertz CT molecular complexity index is 653. The smallest absolute Gasteiger partial charge is 0.161 e. The fourth-order valence-electron chi connectivity index (χ4n) is 2.30. The summed E-state index contributed by atoms with van der Waals surface area (Å²) in [6, 6.07) is 9.71. The van der Waals surface area contributed by atoms with Gasteiger partial charge >= 0.3 is 0 Å². The minimum Gasteiger partial charge on any atom is -0.493 e. The summed E-state index contributed by atoms with van der Waals surface area (Å²) in [7, 11) is 3.23. The fourth-order valence-corrected chi connectivity index (χ4v) is 3.01. The van der Waals surface area contributed by atoms with Crippen LogP contribution >= 0.6 is 23.2 Å². The van der Waals surface area contributed by atoms with E-state index < -0.39 is 0 Å². The summed E-state index contributed by atoms with van der Waals surface area (Å²) in [4.78, 5) is 0. The highest BCUT2D eigenvalue weighted by Gasteiger charge is 2.19. The van der Waals surface area contributed by atoms with Crippen LogP contribution in [-0.4, -0.2) is 14.2 Å². The molecular formula is C17H18Cl2O2. The van der Waals surface area contributed by atoms with Crippen molar-refractivity contribution >= 4 is 23.2 Å². The lowest BCUT2D eigenvalue weighted by Crippen LogP contribution is -2.01. The van der Waals surface area contributed by atoms with Crippen LogP contribution in [0.2, 0.25) is 5.02 Å². The van der Waals surface area contributed by atoms with Gasteiger partial charge in [0.2, 0.25) is 0 Å². The minimum absolute atomic E-state index is 0.336. The Morgan fingerprint density at radius 1 is 0.905 bits per heavy atom. The van der Waals surface area contributed by atoms with Gasteiger partial charge < -0.3 is 9.47 Å². The molecule has 0 amide bonds. The second-order valence-corrected chi connectivity index (χ2v) is 5.72. The molecule has 0 saturated carbocycles. The van der Waals surface area contributed by atoms with Crippen LogP contribution < -0.4 is 9.47 Å². The highest BCUT2D eigenvalue weighted by Crippen LogP contribution is 2.40. The van der Waals surface area contributed by atoms with E-state index in [1.165, 1.54) is 0 Å². The van der Waals surface area contributed by atoms with Gasteiger partial charge in [0.05, 0.1) is 19.6 Å². The predicted octanol–water partition coefficient (Wildman–Crippen LogP) is 5.30. The van der Waals surface area contributed by atoms with Gasteiger partial charge in [0.1, 0.15) is 0 Å². The maximum Gasteiger partial charge on any atom is 0.161 e. The number of ether oxygens (including phenoxy) is 2. The lowest BCUT2D eigenvalue weighted by Gasteiger charge is -2.18. The lowest BCUT2D eigenvalue weighted by atomic mass is 9.98. The largest absolute Gasteiger partial charge is 0.493 e. The highest BCUT2D eigenvalue weighted by molar-refractivity contribution is 6.33. The molecule has 0 radical (unpaired) electrons. The molecule has 0 bridgehead atoms. The summed E-state index contributed by atoms with van der Waals surface area (Å²) in [5, 5.41) is 0.365. The predicted molar refractivity (Wildman–Crippen MR) is 88.2 cm³/mol. The van der Waals surface area contributed by atoms with Crippen molar-refractivity contribution in [3.63, 3.8) is 0 Å². The number of aryl methyl sites for hydroxylation is 2. The van der Waals surface area contributed by atoms with E-state index in [0.717, 1.165) is 22.3 Å². The Morgan fingerprint density at radius 2 is 1.52 bits per heavy atom. The highest BCUT2D eigenvalue weighted by atomic mass is 35.5. The van der Waals surface area contributed by atoms with Crippen molar-refractivity contribution in [2.75, 3.05) is 14.2 Å². The maximum atomic E-state index is 6.66. The van der Waals surface area contributed by atoms with Crippen LogP contribution in [0.1, 0.15) is 27.6 Å². The van der Waals surface area contributed by atoms with E-state index in [2.05, 4.69) is 0 Å².